The maximum Gasteiger partial charge on any atom is 0.266 e. The lowest BCUT2D eigenvalue weighted by atomic mass is 10.2. The van der Waals surface area contributed by atoms with Gasteiger partial charge in [0.2, 0.25) is 0 Å². The van der Waals surface area contributed by atoms with E-state index in [0.29, 0.717) is 16.7 Å². The lowest BCUT2D eigenvalue weighted by Crippen LogP contribution is -2.21. The summed E-state index contributed by atoms with van der Waals surface area (Å²) in [4.78, 5) is 3.43. The second kappa shape index (κ2) is 11.7. The van der Waals surface area contributed by atoms with Gasteiger partial charge in [0.25, 0.3) is 10.0 Å². The molecule has 2 rings (SSSR count). The number of hydrogen-bond donors (Lipinski definition) is 4. The van der Waals surface area contributed by atoms with E-state index in [4.69, 9.17) is 0 Å². The van der Waals surface area contributed by atoms with Gasteiger partial charge in [0, 0.05) is 22.6 Å². The van der Waals surface area contributed by atoms with E-state index < -0.39 is 20.7 Å². The second-order valence-electron chi connectivity index (χ2n) is 6.05. The van der Waals surface area contributed by atoms with Crippen LogP contribution in [0, 0.1) is 5.82 Å². The first-order valence-corrected chi connectivity index (χ1v) is 12.1. The zero-order chi connectivity index (χ0) is 20.4. The molecule has 0 aliphatic carbocycles. The summed E-state index contributed by atoms with van der Waals surface area (Å²) >= 11 is 4.44. The number of nitrogens with zero attached hydrogens (tertiary/aromatic N) is 1. The van der Waals surface area contributed by atoms with Crippen molar-refractivity contribution in [1.29, 1.82) is 0 Å². The molecule has 0 amide bonds. The predicted molar refractivity (Wildman–Crippen MR) is 116 cm³/mol. The number of anilines is 2. The maximum atomic E-state index is 14.4. The van der Waals surface area contributed by atoms with Crippen LogP contribution in [0.4, 0.5) is 15.2 Å². The molecule has 0 bridgehead atoms. The van der Waals surface area contributed by atoms with Gasteiger partial charge in [-0.15, -0.1) is 11.3 Å². The van der Waals surface area contributed by atoms with Crippen molar-refractivity contribution in [2.45, 2.75) is 24.2 Å². The Kier molecular flexibility index (Phi) is 9.59. The molecule has 7 nitrogen and oxygen atoms in total. The highest BCUT2D eigenvalue weighted by atomic mass is 79.9. The van der Waals surface area contributed by atoms with Crippen LogP contribution >= 0.6 is 27.3 Å². The normalized spacial score (nSPS) is 11.5. The number of hydrogen-bond acceptors (Lipinski definition) is 7. The van der Waals surface area contributed by atoms with E-state index in [1.807, 2.05) is 7.05 Å². The molecule has 1 aromatic heterocycles. The van der Waals surface area contributed by atoms with Crippen molar-refractivity contribution < 1.29 is 12.8 Å². The minimum atomic E-state index is -4.04. The smallest absolute Gasteiger partial charge is 0.266 e. The van der Waals surface area contributed by atoms with Gasteiger partial charge < -0.3 is 16.0 Å². The van der Waals surface area contributed by atoms with Crippen LogP contribution in [0.15, 0.2) is 33.1 Å². The summed E-state index contributed by atoms with van der Waals surface area (Å²) in [6.07, 6.45) is 4.48. The number of rotatable bonds is 13. The number of thiazole rings is 1. The summed E-state index contributed by atoms with van der Waals surface area (Å²) in [7, 11) is -2.11. The first kappa shape index (κ1) is 23.0. The average Bonchev–Trinajstić information content (AvgIpc) is 3.14. The highest BCUT2D eigenvalue weighted by Crippen LogP contribution is 2.29. The number of aromatic nitrogens is 1. The molecule has 28 heavy (non-hydrogen) atoms. The lowest BCUT2D eigenvalue weighted by Gasteiger charge is -2.12. The Bertz CT molecular complexity index is 834. The fraction of sp³-hybridized carbons (Fsp3) is 0.471. The molecular formula is C17H25BrFN5O2S2. The van der Waals surface area contributed by atoms with Gasteiger partial charge >= 0.3 is 0 Å². The summed E-state index contributed by atoms with van der Waals surface area (Å²) in [5.74, 6) is -0.819. The van der Waals surface area contributed by atoms with Crippen LogP contribution in [0.1, 0.15) is 19.3 Å². The van der Waals surface area contributed by atoms with Gasteiger partial charge in [0.1, 0.15) is 10.7 Å². The average molecular weight is 494 g/mol. The van der Waals surface area contributed by atoms with Crippen LogP contribution in [0.3, 0.4) is 0 Å². The van der Waals surface area contributed by atoms with Crippen molar-refractivity contribution in [3.05, 3.63) is 34.0 Å². The van der Waals surface area contributed by atoms with Crippen LogP contribution in [0.5, 0.6) is 0 Å². The topological polar surface area (TPSA) is 95.1 Å². The van der Waals surface area contributed by atoms with Crippen molar-refractivity contribution in [3.63, 3.8) is 0 Å². The Morgan fingerprint density at radius 1 is 1.14 bits per heavy atom. The molecule has 4 N–H and O–H groups in total. The van der Waals surface area contributed by atoms with Gasteiger partial charge in [-0.3, -0.25) is 4.72 Å². The molecule has 0 radical (unpaired) electrons. The molecule has 0 fully saturated rings. The largest absolute Gasteiger partial charge is 0.384 e. The van der Waals surface area contributed by atoms with Gasteiger partial charge in [-0.05, 0) is 74.0 Å². The van der Waals surface area contributed by atoms with Gasteiger partial charge in [-0.2, -0.15) is 0 Å². The molecule has 0 saturated heterocycles. The molecule has 11 heteroatoms. The van der Waals surface area contributed by atoms with Gasteiger partial charge in [0.05, 0.1) is 5.69 Å². The minimum absolute atomic E-state index is 0.192. The van der Waals surface area contributed by atoms with E-state index in [2.05, 4.69) is 41.6 Å². The van der Waals surface area contributed by atoms with E-state index in [-0.39, 0.29) is 5.13 Å². The third-order valence-corrected chi connectivity index (χ3v) is 6.67. The second-order valence-corrected chi connectivity index (χ2v) is 9.45. The van der Waals surface area contributed by atoms with E-state index >= 15 is 0 Å². The van der Waals surface area contributed by atoms with Crippen molar-refractivity contribution >= 4 is 48.1 Å². The Morgan fingerprint density at radius 3 is 2.61 bits per heavy atom. The Balaban J connectivity index is 1.84. The highest BCUT2D eigenvalue weighted by Gasteiger charge is 2.22. The highest BCUT2D eigenvalue weighted by molar-refractivity contribution is 9.10. The van der Waals surface area contributed by atoms with E-state index in [9.17, 15) is 12.8 Å². The lowest BCUT2D eigenvalue weighted by molar-refractivity contribution is 0.570. The summed E-state index contributed by atoms with van der Waals surface area (Å²) in [5, 5.41) is 11.4. The predicted octanol–water partition coefficient (Wildman–Crippen LogP) is 3.24. The molecule has 0 aliphatic heterocycles. The number of unbranched alkanes of at least 4 members (excludes halogenated alkanes) is 1. The summed E-state index contributed by atoms with van der Waals surface area (Å²) in [6, 6.07) is 2.45. The van der Waals surface area contributed by atoms with Crippen molar-refractivity contribution in [3.8, 4) is 0 Å². The molecule has 156 valence electrons. The standard InChI is InChI=1S/C17H25BrFN5O2S2/c1-20-5-4-7-21-6-2-3-8-22-15-12-14(19)16(11-13(15)18)28(25,26)24-17-23-9-10-27-17/h9-12,20-22H,2-8H2,1H3,(H,23,24). The molecule has 0 spiro atoms. The minimum Gasteiger partial charge on any atom is -0.384 e. The molecular weight excluding hydrogens is 469 g/mol. The molecule has 0 atom stereocenters. The molecule has 0 aliphatic rings. The Hall–Kier alpha value is -1.27. The van der Waals surface area contributed by atoms with Crippen molar-refractivity contribution in [2.75, 3.05) is 43.3 Å². The molecule has 1 heterocycles. The van der Waals surface area contributed by atoms with Gasteiger partial charge in [0.15, 0.2) is 5.13 Å². The van der Waals surface area contributed by atoms with E-state index in [1.54, 1.807) is 5.38 Å². The summed E-state index contributed by atoms with van der Waals surface area (Å²) in [5.41, 5.74) is 0.521. The van der Waals surface area contributed by atoms with E-state index in [1.165, 1.54) is 18.3 Å². The van der Waals surface area contributed by atoms with Crippen LogP contribution < -0.4 is 20.7 Å². The fourth-order valence-corrected chi connectivity index (χ4v) is 4.94. The number of sulfonamides is 1. The van der Waals surface area contributed by atoms with Crippen LogP contribution in [0.25, 0.3) is 0 Å². The third-order valence-electron chi connectivity index (χ3n) is 3.84. The molecule has 0 saturated carbocycles. The van der Waals surface area contributed by atoms with Crippen LogP contribution in [0.2, 0.25) is 0 Å². The van der Waals surface area contributed by atoms with Crippen molar-refractivity contribution in [1.82, 2.24) is 15.6 Å². The van der Waals surface area contributed by atoms with Crippen LogP contribution in [-0.4, -0.2) is 46.6 Å². The number of halogens is 2. The first-order valence-electron chi connectivity index (χ1n) is 8.94. The van der Waals surface area contributed by atoms with Crippen LogP contribution in [-0.2, 0) is 10.0 Å². The summed E-state index contributed by atoms with van der Waals surface area (Å²) < 4.78 is 41.9. The maximum absolute atomic E-state index is 14.4. The molecule has 1 aromatic carbocycles. The SMILES string of the molecule is CNCCCNCCCCNc1cc(F)c(S(=O)(=O)Nc2nccs2)cc1Br. The van der Waals surface area contributed by atoms with Gasteiger partial charge in [-0.25, -0.2) is 17.8 Å². The zero-order valence-corrected chi connectivity index (χ0v) is 18.8. The Morgan fingerprint density at radius 2 is 1.89 bits per heavy atom. The quantitative estimate of drug-likeness (QED) is 0.320. The third kappa shape index (κ3) is 7.28. The monoisotopic (exact) mass is 493 g/mol. The number of benzene rings is 1. The van der Waals surface area contributed by atoms with E-state index in [0.717, 1.165) is 50.2 Å². The molecule has 2 aromatic rings. The fourth-order valence-electron chi connectivity index (χ4n) is 2.43. The van der Waals surface area contributed by atoms with Crippen molar-refractivity contribution in [2.24, 2.45) is 0 Å². The number of nitrogens with one attached hydrogen (secondary N) is 4. The zero-order valence-electron chi connectivity index (χ0n) is 15.6. The first-order chi connectivity index (χ1) is 13.4. The summed E-state index contributed by atoms with van der Waals surface area (Å²) in [6.45, 7) is 3.58. The molecule has 0 unspecified atom stereocenters. The Labute approximate surface area is 177 Å². The van der Waals surface area contributed by atoms with Gasteiger partial charge in [-0.1, -0.05) is 0 Å².